The number of hydrogen-bond donors (Lipinski definition) is 1. The normalized spacial score (nSPS) is 11.2. The molecule has 14 heavy (non-hydrogen) atoms. The van der Waals surface area contributed by atoms with E-state index in [9.17, 15) is 4.89 Å². The van der Waals surface area contributed by atoms with Gasteiger partial charge in [-0.25, -0.2) is 0 Å². The minimum Gasteiger partial charge on any atom is -0.346 e. The van der Waals surface area contributed by atoms with E-state index in [2.05, 4.69) is 12.1 Å². The Morgan fingerprint density at radius 1 is 0.714 bits per heavy atom. The second-order valence-electron chi connectivity index (χ2n) is 3.35. The van der Waals surface area contributed by atoms with Gasteiger partial charge in [-0.1, -0.05) is 36.4 Å². The van der Waals surface area contributed by atoms with Crippen LogP contribution in [0.5, 0.6) is 0 Å². The second-order valence-corrected chi connectivity index (χ2v) is 4.93. The Balaban J connectivity index is 2.69. The van der Waals surface area contributed by atoms with Gasteiger partial charge >= 0.3 is 0 Å². The van der Waals surface area contributed by atoms with Gasteiger partial charge in [-0.05, 0) is 22.9 Å². The molecule has 2 aromatic carbocycles. The fourth-order valence-electron chi connectivity index (χ4n) is 1.90. The molecule has 1 N–H and O–H groups in total. The van der Waals surface area contributed by atoms with E-state index in [-0.39, 0.29) is 0 Å². The highest BCUT2D eigenvalue weighted by atomic mass is 31.1. The highest BCUT2D eigenvalue weighted by Gasteiger charge is 2.07. The van der Waals surface area contributed by atoms with E-state index in [0.717, 1.165) is 10.2 Å². The van der Waals surface area contributed by atoms with Crippen LogP contribution in [0.25, 0.3) is 21.0 Å². The maximum atomic E-state index is 10.1. The summed E-state index contributed by atoms with van der Waals surface area (Å²) >= 11 is 0. The fraction of sp³-hybridized carbons (Fsp3) is 0. The molecule has 0 fully saturated rings. The summed E-state index contributed by atoms with van der Waals surface area (Å²) in [6.45, 7) is 0. The van der Waals surface area contributed by atoms with Crippen LogP contribution in [0.3, 0.4) is 0 Å². The van der Waals surface area contributed by atoms with Crippen LogP contribution < -0.4 is 0 Å². The summed E-state index contributed by atoms with van der Waals surface area (Å²) in [6.07, 6.45) is 0. The first kappa shape index (κ1) is 8.05. The van der Waals surface area contributed by atoms with E-state index in [4.69, 9.17) is 0 Å². The third-order valence-electron chi connectivity index (χ3n) is 2.55. The Morgan fingerprint density at radius 3 is 1.64 bits per heavy atom. The van der Waals surface area contributed by atoms with E-state index in [1.165, 1.54) is 10.8 Å². The molecule has 3 aromatic rings. The molecular formula is C12H9OP. The predicted molar refractivity (Wildman–Crippen MR) is 61.8 cm³/mol. The molecule has 0 saturated heterocycles. The van der Waals surface area contributed by atoms with Crippen LogP contribution in [0.4, 0.5) is 0 Å². The monoisotopic (exact) mass is 200 g/mol. The van der Waals surface area contributed by atoms with E-state index >= 15 is 0 Å². The number of rotatable bonds is 0. The van der Waals surface area contributed by atoms with Gasteiger partial charge in [-0.3, -0.25) is 0 Å². The molecule has 1 heterocycles. The minimum atomic E-state index is -1.10. The van der Waals surface area contributed by atoms with Crippen LogP contribution >= 0.6 is 7.76 Å². The molecule has 0 aliphatic heterocycles. The first-order chi connectivity index (χ1) is 6.88. The average molecular weight is 200 g/mol. The van der Waals surface area contributed by atoms with Gasteiger partial charge in [0.1, 0.15) is 0 Å². The average Bonchev–Trinajstić information content (AvgIpc) is 2.55. The van der Waals surface area contributed by atoms with E-state index in [1.807, 2.05) is 36.4 Å². The van der Waals surface area contributed by atoms with Crippen molar-refractivity contribution in [1.82, 2.24) is 0 Å². The fourth-order valence-corrected chi connectivity index (χ4v) is 3.46. The van der Waals surface area contributed by atoms with Gasteiger partial charge < -0.3 is 4.89 Å². The number of fused-ring (bicyclic) bond motifs is 3. The highest BCUT2D eigenvalue weighted by Crippen LogP contribution is 2.45. The molecule has 0 radical (unpaired) electrons. The molecule has 0 unspecified atom stereocenters. The van der Waals surface area contributed by atoms with Gasteiger partial charge in [0.15, 0.2) is 0 Å². The highest BCUT2D eigenvalue weighted by molar-refractivity contribution is 7.56. The molecular weight excluding hydrogens is 191 g/mol. The quantitative estimate of drug-likeness (QED) is 0.586. The minimum absolute atomic E-state index is 1.09. The Morgan fingerprint density at radius 2 is 1.14 bits per heavy atom. The van der Waals surface area contributed by atoms with Crippen LogP contribution in [-0.2, 0) is 0 Å². The van der Waals surface area contributed by atoms with Crippen molar-refractivity contribution in [2.24, 2.45) is 0 Å². The number of hydrogen-bond acceptors (Lipinski definition) is 1. The molecule has 0 atom stereocenters. The molecule has 0 amide bonds. The predicted octanol–water partition coefficient (Wildman–Crippen LogP) is 3.74. The summed E-state index contributed by atoms with van der Waals surface area (Å²) in [5, 5.41) is 4.56. The molecule has 1 aromatic heterocycles. The molecule has 0 aliphatic carbocycles. The second kappa shape index (κ2) is 2.84. The van der Waals surface area contributed by atoms with Crippen molar-refractivity contribution in [2.45, 2.75) is 0 Å². The molecule has 1 nitrogen and oxygen atoms in total. The molecule has 3 rings (SSSR count). The Kier molecular flexibility index (Phi) is 1.63. The lowest BCUT2D eigenvalue weighted by Gasteiger charge is -1.88. The van der Waals surface area contributed by atoms with E-state index in [1.54, 1.807) is 0 Å². The molecule has 0 bridgehead atoms. The summed E-state index contributed by atoms with van der Waals surface area (Å²) in [7, 11) is -1.10. The van der Waals surface area contributed by atoms with Crippen molar-refractivity contribution in [2.75, 3.05) is 0 Å². The number of benzene rings is 2. The summed E-state index contributed by atoms with van der Waals surface area (Å²) in [4.78, 5) is 10.1. The first-order valence-electron chi connectivity index (χ1n) is 4.55. The summed E-state index contributed by atoms with van der Waals surface area (Å²) in [6, 6.07) is 16.2. The Labute approximate surface area is 82.7 Å². The maximum Gasteiger partial charge on any atom is 0.0279 e. The Hall–Kier alpha value is -1.30. The lowest BCUT2D eigenvalue weighted by atomic mass is 10.2. The van der Waals surface area contributed by atoms with E-state index < -0.39 is 7.76 Å². The first-order valence-corrected chi connectivity index (χ1v) is 5.85. The molecule has 0 spiro atoms. The van der Waals surface area contributed by atoms with Gasteiger partial charge in [-0.15, -0.1) is 0 Å². The summed E-state index contributed by atoms with van der Waals surface area (Å²) < 4.78 is 0. The standard InChI is InChI=1S/C12H9OP/c13-14-11-7-3-1-5-9(11)10-6-2-4-8-12(10)14/h1-8,13H. The zero-order valence-electron chi connectivity index (χ0n) is 7.51. The van der Waals surface area contributed by atoms with Crippen molar-refractivity contribution in [3.05, 3.63) is 48.5 Å². The van der Waals surface area contributed by atoms with Gasteiger partial charge in [0.25, 0.3) is 0 Å². The van der Waals surface area contributed by atoms with Crippen LogP contribution in [0.2, 0.25) is 0 Å². The molecule has 68 valence electrons. The SMILES string of the molecule is Op1c2ccccc2c2ccccc21. The van der Waals surface area contributed by atoms with Crippen molar-refractivity contribution < 1.29 is 4.89 Å². The Bertz CT molecular complexity index is 557. The summed E-state index contributed by atoms with van der Waals surface area (Å²) in [5.74, 6) is 0. The van der Waals surface area contributed by atoms with Gasteiger partial charge in [0.2, 0.25) is 0 Å². The largest absolute Gasteiger partial charge is 0.346 e. The zero-order valence-corrected chi connectivity index (χ0v) is 8.41. The van der Waals surface area contributed by atoms with Gasteiger partial charge in [0.05, 0.1) is 0 Å². The third kappa shape index (κ3) is 0.942. The lowest BCUT2D eigenvalue weighted by molar-refractivity contribution is 0.653. The third-order valence-corrected chi connectivity index (χ3v) is 4.25. The van der Waals surface area contributed by atoms with Crippen LogP contribution in [0, 0.1) is 0 Å². The van der Waals surface area contributed by atoms with Gasteiger partial charge in [-0.2, -0.15) is 0 Å². The van der Waals surface area contributed by atoms with Crippen LogP contribution in [-0.4, -0.2) is 4.89 Å². The van der Waals surface area contributed by atoms with Crippen LogP contribution in [0.1, 0.15) is 0 Å². The van der Waals surface area contributed by atoms with Gasteiger partial charge in [0, 0.05) is 18.0 Å². The molecule has 0 saturated carbocycles. The topological polar surface area (TPSA) is 20.2 Å². The lowest BCUT2D eigenvalue weighted by Crippen LogP contribution is -1.62. The van der Waals surface area contributed by atoms with Crippen molar-refractivity contribution in [3.63, 3.8) is 0 Å². The van der Waals surface area contributed by atoms with Crippen molar-refractivity contribution >= 4 is 28.8 Å². The van der Waals surface area contributed by atoms with Crippen LogP contribution in [0.15, 0.2) is 48.5 Å². The van der Waals surface area contributed by atoms with E-state index in [0.29, 0.717) is 0 Å². The van der Waals surface area contributed by atoms with Crippen molar-refractivity contribution in [1.29, 1.82) is 0 Å². The molecule has 2 heteroatoms. The van der Waals surface area contributed by atoms with Crippen molar-refractivity contribution in [3.8, 4) is 0 Å². The zero-order chi connectivity index (χ0) is 9.54. The smallest absolute Gasteiger partial charge is 0.0279 e. The maximum absolute atomic E-state index is 10.1. The molecule has 0 aliphatic rings. The summed E-state index contributed by atoms with van der Waals surface area (Å²) in [5.41, 5.74) is 0.